The second-order valence-electron chi connectivity index (χ2n) is 5.22. The second kappa shape index (κ2) is 4.24. The fourth-order valence-electron chi connectivity index (χ4n) is 3.26. The number of piperidine rings is 1. The third-order valence-electron chi connectivity index (χ3n) is 4.03. The highest BCUT2D eigenvalue weighted by molar-refractivity contribution is 5.97. The van der Waals surface area contributed by atoms with Crippen molar-refractivity contribution < 1.29 is 9.90 Å². The first-order valence-electron chi connectivity index (χ1n) is 6.38. The van der Waals surface area contributed by atoms with Gasteiger partial charge in [0.2, 0.25) is 0 Å². The van der Waals surface area contributed by atoms with Crippen molar-refractivity contribution in [2.24, 2.45) is 5.73 Å². The summed E-state index contributed by atoms with van der Waals surface area (Å²) in [5.74, 6) is -0.133. The number of carbonyl (C=O) groups excluding carboxylic acids is 1. The lowest BCUT2D eigenvalue weighted by atomic mass is 9.97. The average molecular weight is 247 g/mol. The summed E-state index contributed by atoms with van der Waals surface area (Å²) in [5.41, 5.74) is 6.33. The van der Waals surface area contributed by atoms with Crippen molar-refractivity contribution >= 4 is 5.91 Å². The van der Waals surface area contributed by atoms with Gasteiger partial charge in [0.1, 0.15) is 5.75 Å². The molecule has 5 heteroatoms. The van der Waals surface area contributed by atoms with Gasteiger partial charge < -0.3 is 15.7 Å². The van der Waals surface area contributed by atoms with Gasteiger partial charge in [-0.2, -0.15) is 0 Å². The maximum Gasteiger partial charge on any atom is 0.258 e. The first kappa shape index (κ1) is 11.5. The van der Waals surface area contributed by atoms with E-state index in [9.17, 15) is 9.90 Å². The van der Waals surface area contributed by atoms with Gasteiger partial charge in [0.25, 0.3) is 5.91 Å². The van der Waals surface area contributed by atoms with E-state index in [1.165, 1.54) is 12.4 Å². The zero-order valence-electron chi connectivity index (χ0n) is 10.1. The lowest BCUT2D eigenvalue weighted by Gasteiger charge is -2.37. The molecule has 0 aromatic carbocycles. The molecule has 2 saturated heterocycles. The third kappa shape index (κ3) is 1.75. The van der Waals surface area contributed by atoms with Gasteiger partial charge in [-0.3, -0.25) is 9.78 Å². The predicted octanol–water partition coefficient (Wildman–Crippen LogP) is 0.881. The molecule has 2 fully saturated rings. The van der Waals surface area contributed by atoms with Gasteiger partial charge in [-0.15, -0.1) is 0 Å². The van der Waals surface area contributed by atoms with Crippen molar-refractivity contribution in [3.05, 3.63) is 24.0 Å². The Labute approximate surface area is 106 Å². The Hall–Kier alpha value is -1.62. The molecule has 0 aliphatic carbocycles. The molecule has 1 aromatic rings. The highest BCUT2D eigenvalue weighted by Gasteiger charge is 2.42. The first-order valence-corrected chi connectivity index (χ1v) is 6.38. The number of aromatic nitrogens is 1. The Bertz CT molecular complexity index is 463. The van der Waals surface area contributed by atoms with Gasteiger partial charge >= 0.3 is 0 Å². The Balaban J connectivity index is 1.88. The highest BCUT2D eigenvalue weighted by atomic mass is 16.3. The van der Waals surface area contributed by atoms with E-state index < -0.39 is 0 Å². The zero-order valence-corrected chi connectivity index (χ0v) is 10.1. The molecule has 2 atom stereocenters. The van der Waals surface area contributed by atoms with Crippen LogP contribution in [-0.4, -0.2) is 39.0 Å². The molecule has 96 valence electrons. The molecular weight excluding hydrogens is 230 g/mol. The lowest BCUT2D eigenvalue weighted by Crippen LogP contribution is -2.50. The minimum atomic E-state index is -0.0886. The van der Waals surface area contributed by atoms with Crippen LogP contribution >= 0.6 is 0 Å². The number of rotatable bonds is 1. The van der Waals surface area contributed by atoms with E-state index in [0.717, 1.165) is 25.7 Å². The number of nitrogens with zero attached hydrogens (tertiary/aromatic N) is 2. The number of pyridine rings is 1. The molecular formula is C13H17N3O2. The summed E-state index contributed by atoms with van der Waals surface area (Å²) in [6.07, 6.45) is 6.63. The van der Waals surface area contributed by atoms with E-state index in [1.54, 1.807) is 6.07 Å². The van der Waals surface area contributed by atoms with E-state index in [0.29, 0.717) is 5.56 Å². The standard InChI is InChI=1S/C13H17N3O2/c14-8-5-9-1-2-10(6-8)16(9)13(18)11-3-4-15-7-12(11)17/h3-4,7-10,17H,1-2,5-6,14H2. The quantitative estimate of drug-likeness (QED) is 0.772. The maximum atomic E-state index is 12.5. The van der Waals surface area contributed by atoms with Crippen LogP contribution in [0.5, 0.6) is 5.75 Å². The van der Waals surface area contributed by atoms with Crippen LogP contribution < -0.4 is 5.73 Å². The number of hydrogen-bond donors (Lipinski definition) is 2. The van der Waals surface area contributed by atoms with Crippen molar-refractivity contribution in [1.29, 1.82) is 0 Å². The molecule has 2 unspecified atom stereocenters. The van der Waals surface area contributed by atoms with E-state index in [-0.39, 0.29) is 29.8 Å². The Morgan fingerprint density at radius 2 is 2.06 bits per heavy atom. The molecule has 2 bridgehead atoms. The van der Waals surface area contributed by atoms with Crippen LogP contribution in [0.25, 0.3) is 0 Å². The molecule has 0 radical (unpaired) electrons. The fourth-order valence-corrected chi connectivity index (χ4v) is 3.26. The highest BCUT2D eigenvalue weighted by Crippen LogP contribution is 2.36. The summed E-state index contributed by atoms with van der Waals surface area (Å²) >= 11 is 0. The van der Waals surface area contributed by atoms with Gasteiger partial charge in [-0.1, -0.05) is 0 Å². The number of aromatic hydroxyl groups is 1. The SMILES string of the molecule is NC1CC2CCC(C1)N2C(=O)c1ccncc1O. The number of amides is 1. The van der Waals surface area contributed by atoms with Gasteiger partial charge in [0, 0.05) is 24.3 Å². The molecule has 1 amide bonds. The summed E-state index contributed by atoms with van der Waals surface area (Å²) in [4.78, 5) is 18.2. The van der Waals surface area contributed by atoms with E-state index >= 15 is 0 Å². The van der Waals surface area contributed by atoms with Crippen molar-refractivity contribution in [2.45, 2.75) is 43.8 Å². The molecule has 2 aliphatic heterocycles. The minimum Gasteiger partial charge on any atom is -0.505 e. The van der Waals surface area contributed by atoms with E-state index in [1.807, 2.05) is 4.90 Å². The van der Waals surface area contributed by atoms with Crippen LogP contribution in [0, 0.1) is 0 Å². The molecule has 0 saturated carbocycles. The van der Waals surface area contributed by atoms with Crippen LogP contribution in [0.2, 0.25) is 0 Å². The molecule has 3 heterocycles. The number of fused-ring (bicyclic) bond motifs is 2. The summed E-state index contributed by atoms with van der Waals surface area (Å²) in [6, 6.07) is 2.25. The molecule has 1 aromatic heterocycles. The molecule has 5 nitrogen and oxygen atoms in total. The number of hydrogen-bond acceptors (Lipinski definition) is 4. The zero-order chi connectivity index (χ0) is 12.7. The topological polar surface area (TPSA) is 79.5 Å². The van der Waals surface area contributed by atoms with Crippen molar-refractivity contribution in [3.63, 3.8) is 0 Å². The Morgan fingerprint density at radius 3 is 2.67 bits per heavy atom. The second-order valence-corrected chi connectivity index (χ2v) is 5.22. The number of nitrogens with two attached hydrogens (primary N) is 1. The van der Waals surface area contributed by atoms with E-state index in [2.05, 4.69) is 4.98 Å². The Morgan fingerprint density at radius 1 is 1.39 bits per heavy atom. The molecule has 18 heavy (non-hydrogen) atoms. The molecule has 3 N–H and O–H groups in total. The summed E-state index contributed by atoms with van der Waals surface area (Å²) in [5, 5.41) is 9.72. The van der Waals surface area contributed by atoms with Crippen LogP contribution in [0.1, 0.15) is 36.0 Å². The summed E-state index contributed by atoms with van der Waals surface area (Å²) in [7, 11) is 0. The normalized spacial score (nSPS) is 30.5. The molecule has 2 aliphatic rings. The summed E-state index contributed by atoms with van der Waals surface area (Å²) < 4.78 is 0. The molecule has 0 spiro atoms. The first-order chi connectivity index (χ1) is 8.66. The van der Waals surface area contributed by atoms with Crippen LogP contribution in [0.4, 0.5) is 0 Å². The fraction of sp³-hybridized carbons (Fsp3) is 0.538. The van der Waals surface area contributed by atoms with Gasteiger partial charge in [-0.05, 0) is 31.7 Å². The van der Waals surface area contributed by atoms with Gasteiger partial charge in [-0.25, -0.2) is 0 Å². The third-order valence-corrected chi connectivity index (χ3v) is 4.03. The number of carbonyl (C=O) groups is 1. The van der Waals surface area contributed by atoms with Crippen molar-refractivity contribution in [3.8, 4) is 5.75 Å². The van der Waals surface area contributed by atoms with Crippen molar-refractivity contribution in [2.75, 3.05) is 0 Å². The van der Waals surface area contributed by atoms with E-state index in [4.69, 9.17) is 5.73 Å². The lowest BCUT2D eigenvalue weighted by molar-refractivity contribution is 0.0572. The summed E-state index contributed by atoms with van der Waals surface area (Å²) in [6.45, 7) is 0. The monoisotopic (exact) mass is 247 g/mol. The smallest absolute Gasteiger partial charge is 0.258 e. The van der Waals surface area contributed by atoms with Crippen molar-refractivity contribution in [1.82, 2.24) is 9.88 Å². The van der Waals surface area contributed by atoms with Gasteiger partial charge in [0.15, 0.2) is 0 Å². The Kier molecular flexibility index (Phi) is 2.70. The van der Waals surface area contributed by atoms with Crippen LogP contribution in [0.15, 0.2) is 18.5 Å². The largest absolute Gasteiger partial charge is 0.505 e. The predicted molar refractivity (Wildman–Crippen MR) is 66.1 cm³/mol. The average Bonchev–Trinajstić information content (AvgIpc) is 2.61. The molecule has 3 rings (SSSR count). The van der Waals surface area contributed by atoms with Crippen LogP contribution in [0.3, 0.4) is 0 Å². The van der Waals surface area contributed by atoms with Crippen LogP contribution in [-0.2, 0) is 0 Å². The minimum absolute atomic E-state index is 0.0447. The maximum absolute atomic E-state index is 12.5. The van der Waals surface area contributed by atoms with Gasteiger partial charge in [0.05, 0.1) is 11.8 Å².